The van der Waals surface area contributed by atoms with E-state index in [1.165, 1.54) is 5.56 Å². The zero-order chi connectivity index (χ0) is 20.6. The molecule has 1 atom stereocenters. The number of rotatable bonds is 7. The molecule has 3 rings (SSSR count). The first-order valence-electron chi connectivity index (χ1n) is 10.9. The summed E-state index contributed by atoms with van der Waals surface area (Å²) in [7, 11) is 1.81. The van der Waals surface area contributed by atoms with Gasteiger partial charge in [0.05, 0.1) is 0 Å². The fourth-order valence-corrected chi connectivity index (χ4v) is 4.02. The first-order valence-corrected chi connectivity index (χ1v) is 10.9. The van der Waals surface area contributed by atoms with Gasteiger partial charge in [0.15, 0.2) is 5.96 Å². The number of amides is 1. The van der Waals surface area contributed by atoms with Crippen LogP contribution in [0.2, 0.25) is 0 Å². The van der Waals surface area contributed by atoms with Gasteiger partial charge in [0.2, 0.25) is 5.91 Å². The zero-order valence-corrected chi connectivity index (χ0v) is 20.9. The molecule has 7 nitrogen and oxygen atoms in total. The van der Waals surface area contributed by atoms with Crippen LogP contribution in [0.1, 0.15) is 32.3 Å². The number of hydrogen-bond acceptors (Lipinski definition) is 4. The normalized spacial score (nSPS) is 19.5. The average molecular weight is 528 g/mol. The van der Waals surface area contributed by atoms with Crippen molar-refractivity contribution in [3.63, 3.8) is 0 Å². The van der Waals surface area contributed by atoms with E-state index in [0.29, 0.717) is 19.0 Å². The van der Waals surface area contributed by atoms with Crippen molar-refractivity contribution in [3.8, 4) is 0 Å². The van der Waals surface area contributed by atoms with Crippen LogP contribution in [0, 0.1) is 0 Å². The molecule has 0 spiro atoms. The molecule has 2 N–H and O–H groups in total. The third-order valence-electron chi connectivity index (χ3n) is 6.05. The summed E-state index contributed by atoms with van der Waals surface area (Å²) in [5.74, 6) is 1.05. The van der Waals surface area contributed by atoms with Gasteiger partial charge in [0, 0.05) is 71.0 Å². The highest BCUT2D eigenvalue weighted by molar-refractivity contribution is 14.0. The molecule has 0 bridgehead atoms. The van der Waals surface area contributed by atoms with Crippen molar-refractivity contribution in [2.24, 2.45) is 4.99 Å². The summed E-state index contributed by atoms with van der Waals surface area (Å²) in [5.41, 5.74) is 2.17. The SMILES string of the molecule is CCN1CCN(C(C)CNC(=NC)NCc2ccc(N3CCCC3=O)cc2)CC1.I. The van der Waals surface area contributed by atoms with Crippen molar-refractivity contribution >= 4 is 41.5 Å². The first kappa shape index (κ1) is 24.9. The molecule has 2 saturated heterocycles. The molecule has 0 radical (unpaired) electrons. The van der Waals surface area contributed by atoms with Crippen LogP contribution in [0.3, 0.4) is 0 Å². The Labute approximate surface area is 198 Å². The van der Waals surface area contributed by atoms with E-state index in [0.717, 1.165) is 63.9 Å². The Balaban J connectivity index is 0.00000320. The Kier molecular flexibility index (Phi) is 10.3. The summed E-state index contributed by atoms with van der Waals surface area (Å²) in [6, 6.07) is 8.71. The van der Waals surface area contributed by atoms with E-state index in [2.05, 4.69) is 51.4 Å². The van der Waals surface area contributed by atoms with Crippen LogP contribution in [0.5, 0.6) is 0 Å². The molecule has 2 aliphatic rings. The lowest BCUT2D eigenvalue weighted by atomic mass is 10.2. The largest absolute Gasteiger partial charge is 0.355 e. The van der Waals surface area contributed by atoms with Gasteiger partial charge in [-0.2, -0.15) is 0 Å². The van der Waals surface area contributed by atoms with Crippen LogP contribution < -0.4 is 15.5 Å². The van der Waals surface area contributed by atoms with Crippen LogP contribution in [0.4, 0.5) is 5.69 Å². The van der Waals surface area contributed by atoms with Gasteiger partial charge in [-0.3, -0.25) is 14.7 Å². The van der Waals surface area contributed by atoms with Crippen LogP contribution in [-0.2, 0) is 11.3 Å². The molecule has 0 saturated carbocycles. The number of hydrogen-bond donors (Lipinski definition) is 2. The van der Waals surface area contributed by atoms with Crippen LogP contribution in [-0.4, -0.2) is 80.6 Å². The number of guanidine groups is 1. The first-order chi connectivity index (χ1) is 14.1. The lowest BCUT2D eigenvalue weighted by molar-refractivity contribution is -0.117. The number of aliphatic imine (C=N–C) groups is 1. The molecule has 2 aliphatic heterocycles. The van der Waals surface area contributed by atoms with Crippen molar-refractivity contribution in [3.05, 3.63) is 29.8 Å². The summed E-state index contributed by atoms with van der Waals surface area (Å²) in [4.78, 5) is 23.1. The monoisotopic (exact) mass is 528 g/mol. The third-order valence-corrected chi connectivity index (χ3v) is 6.05. The quantitative estimate of drug-likeness (QED) is 0.323. The predicted octanol–water partition coefficient (Wildman–Crippen LogP) is 2.12. The molecule has 2 fully saturated rings. The van der Waals surface area contributed by atoms with E-state index in [1.54, 1.807) is 0 Å². The number of carbonyl (C=O) groups excluding carboxylic acids is 1. The highest BCUT2D eigenvalue weighted by atomic mass is 127. The molecule has 1 unspecified atom stereocenters. The smallest absolute Gasteiger partial charge is 0.227 e. The number of likely N-dealkylation sites (N-methyl/N-ethyl adjacent to an activating group) is 1. The number of nitrogens with zero attached hydrogens (tertiary/aromatic N) is 4. The average Bonchev–Trinajstić information content (AvgIpc) is 3.20. The van der Waals surface area contributed by atoms with Crippen molar-refractivity contribution in [1.29, 1.82) is 0 Å². The molecule has 0 aromatic heterocycles. The lowest BCUT2D eigenvalue weighted by Crippen LogP contribution is -2.53. The van der Waals surface area contributed by atoms with Gasteiger partial charge in [-0.1, -0.05) is 19.1 Å². The predicted molar refractivity (Wildman–Crippen MR) is 135 cm³/mol. The lowest BCUT2D eigenvalue weighted by Gasteiger charge is -2.37. The number of piperazine rings is 1. The minimum atomic E-state index is 0. The fourth-order valence-electron chi connectivity index (χ4n) is 4.02. The highest BCUT2D eigenvalue weighted by Gasteiger charge is 2.22. The van der Waals surface area contributed by atoms with E-state index in [4.69, 9.17) is 0 Å². The van der Waals surface area contributed by atoms with E-state index in [-0.39, 0.29) is 29.9 Å². The Morgan fingerprint density at radius 2 is 1.80 bits per heavy atom. The van der Waals surface area contributed by atoms with Gasteiger partial charge in [-0.25, -0.2) is 0 Å². The van der Waals surface area contributed by atoms with Gasteiger partial charge >= 0.3 is 0 Å². The van der Waals surface area contributed by atoms with E-state index in [1.807, 2.05) is 24.1 Å². The second-order valence-corrected chi connectivity index (χ2v) is 7.94. The molecular weight excluding hydrogens is 491 g/mol. The fraction of sp³-hybridized carbons (Fsp3) is 0.636. The maximum Gasteiger partial charge on any atom is 0.227 e. The van der Waals surface area contributed by atoms with E-state index >= 15 is 0 Å². The van der Waals surface area contributed by atoms with Crippen LogP contribution in [0.15, 0.2) is 29.3 Å². The summed E-state index contributed by atoms with van der Waals surface area (Å²) in [6.07, 6.45) is 1.62. The maximum absolute atomic E-state index is 11.9. The third kappa shape index (κ3) is 6.81. The van der Waals surface area contributed by atoms with Gasteiger partial charge in [0.1, 0.15) is 0 Å². The second kappa shape index (κ2) is 12.5. The summed E-state index contributed by atoms with van der Waals surface area (Å²) >= 11 is 0. The molecule has 168 valence electrons. The Bertz CT molecular complexity index is 687. The van der Waals surface area contributed by atoms with Crippen LogP contribution >= 0.6 is 24.0 Å². The topological polar surface area (TPSA) is 63.2 Å². The maximum atomic E-state index is 11.9. The summed E-state index contributed by atoms with van der Waals surface area (Å²) in [6.45, 7) is 12.7. The number of anilines is 1. The van der Waals surface area contributed by atoms with E-state index < -0.39 is 0 Å². The van der Waals surface area contributed by atoms with Gasteiger partial charge in [-0.15, -0.1) is 24.0 Å². The zero-order valence-electron chi connectivity index (χ0n) is 18.6. The highest BCUT2D eigenvalue weighted by Crippen LogP contribution is 2.21. The standard InChI is InChI=1S/C22H36N6O.HI/c1-4-26-12-14-27(15-13-26)18(2)16-24-22(23-3)25-17-19-7-9-20(10-8-19)28-11-5-6-21(28)29;/h7-10,18H,4-6,11-17H2,1-3H3,(H2,23,24,25);1H. The molecule has 0 aliphatic carbocycles. The second-order valence-electron chi connectivity index (χ2n) is 7.94. The molecular formula is C22H37IN6O. The molecule has 8 heteroatoms. The summed E-state index contributed by atoms with van der Waals surface area (Å²) in [5, 5.41) is 6.84. The molecule has 30 heavy (non-hydrogen) atoms. The molecule has 1 aromatic rings. The molecule has 1 aromatic carbocycles. The Morgan fingerprint density at radius 1 is 1.10 bits per heavy atom. The molecule has 1 amide bonds. The van der Waals surface area contributed by atoms with E-state index in [9.17, 15) is 4.79 Å². The van der Waals surface area contributed by atoms with Gasteiger partial charge < -0.3 is 20.4 Å². The summed E-state index contributed by atoms with van der Waals surface area (Å²) < 4.78 is 0. The van der Waals surface area contributed by atoms with Crippen molar-refractivity contribution in [2.45, 2.75) is 39.3 Å². The Morgan fingerprint density at radius 3 is 2.37 bits per heavy atom. The van der Waals surface area contributed by atoms with Crippen LogP contribution in [0.25, 0.3) is 0 Å². The minimum absolute atomic E-state index is 0. The van der Waals surface area contributed by atoms with Gasteiger partial charge in [-0.05, 0) is 37.6 Å². The number of benzene rings is 1. The van der Waals surface area contributed by atoms with Crippen molar-refractivity contribution < 1.29 is 4.79 Å². The number of carbonyl (C=O) groups is 1. The van der Waals surface area contributed by atoms with Crippen molar-refractivity contribution in [2.75, 3.05) is 57.8 Å². The number of halogens is 1. The molecule has 2 heterocycles. The van der Waals surface area contributed by atoms with Gasteiger partial charge in [0.25, 0.3) is 0 Å². The minimum Gasteiger partial charge on any atom is -0.355 e. The Hall–Kier alpha value is -1.39. The number of nitrogens with one attached hydrogen (secondary N) is 2. The van der Waals surface area contributed by atoms with Crippen molar-refractivity contribution in [1.82, 2.24) is 20.4 Å².